The topological polar surface area (TPSA) is 58.6 Å². The predicted octanol–water partition coefficient (Wildman–Crippen LogP) is 5.08. The largest absolute Gasteiger partial charge is 0.342 e. The molecule has 3 aromatic carbocycles. The van der Waals surface area contributed by atoms with Crippen molar-refractivity contribution < 1.29 is 4.98 Å². The molecule has 1 atom stereocenters. The molecule has 0 fully saturated rings. The van der Waals surface area contributed by atoms with Gasteiger partial charge < -0.3 is 4.98 Å². The number of para-hydroxylation sites is 4. The number of rotatable bonds is 5. The standard InChI is InChI=1S/C23H19ClN4/c24-17-11-9-15(10-12-17)13-16(23-27-20-7-3-4-8-21(20)28-23)14-22-25-18-5-1-2-6-19(18)26-22/h1-12,16H,13-14H2,(H,25,26)(H,27,28)/p+1. The van der Waals surface area contributed by atoms with Gasteiger partial charge in [-0.05, 0) is 48.4 Å². The first-order valence-corrected chi connectivity index (χ1v) is 9.80. The smallest absolute Gasteiger partial charge is 0.253 e. The maximum absolute atomic E-state index is 6.07. The summed E-state index contributed by atoms with van der Waals surface area (Å²) in [6.07, 6.45) is 1.71. The molecule has 0 aliphatic carbocycles. The van der Waals surface area contributed by atoms with Gasteiger partial charge >= 0.3 is 0 Å². The van der Waals surface area contributed by atoms with E-state index in [9.17, 15) is 0 Å². The van der Waals surface area contributed by atoms with E-state index < -0.39 is 0 Å². The van der Waals surface area contributed by atoms with Crippen molar-refractivity contribution in [1.82, 2.24) is 15.0 Å². The fourth-order valence-electron chi connectivity index (χ4n) is 3.74. The summed E-state index contributed by atoms with van der Waals surface area (Å²) in [5, 5.41) is 0.757. The first-order chi connectivity index (χ1) is 13.7. The zero-order valence-corrected chi connectivity index (χ0v) is 16.0. The summed E-state index contributed by atoms with van der Waals surface area (Å²) in [5.74, 6) is 2.31. The van der Waals surface area contributed by atoms with E-state index >= 15 is 0 Å². The molecule has 138 valence electrons. The highest BCUT2D eigenvalue weighted by atomic mass is 35.5. The number of aromatic amines is 3. The summed E-state index contributed by atoms with van der Waals surface area (Å²) >= 11 is 6.07. The highest BCUT2D eigenvalue weighted by Gasteiger charge is 2.22. The molecule has 5 heteroatoms. The van der Waals surface area contributed by atoms with Crippen molar-refractivity contribution in [2.45, 2.75) is 18.8 Å². The van der Waals surface area contributed by atoms with Crippen molar-refractivity contribution in [2.75, 3.05) is 0 Å². The molecule has 3 N–H and O–H groups in total. The number of hydrogen-bond donors (Lipinski definition) is 2. The van der Waals surface area contributed by atoms with Gasteiger partial charge in [-0.15, -0.1) is 0 Å². The minimum atomic E-state index is 0.206. The molecule has 0 radical (unpaired) electrons. The van der Waals surface area contributed by atoms with Crippen LogP contribution in [0, 0.1) is 0 Å². The van der Waals surface area contributed by atoms with Gasteiger partial charge in [0.15, 0.2) is 11.0 Å². The fraction of sp³-hybridized carbons (Fsp3) is 0.130. The Morgan fingerprint density at radius 3 is 2.36 bits per heavy atom. The quantitative estimate of drug-likeness (QED) is 0.434. The molecule has 28 heavy (non-hydrogen) atoms. The van der Waals surface area contributed by atoms with E-state index in [-0.39, 0.29) is 5.92 Å². The molecular weight excluding hydrogens is 368 g/mol. The van der Waals surface area contributed by atoms with Crippen LogP contribution in [0.2, 0.25) is 5.02 Å². The van der Waals surface area contributed by atoms with Crippen molar-refractivity contribution in [3.63, 3.8) is 0 Å². The van der Waals surface area contributed by atoms with Gasteiger partial charge in [0.2, 0.25) is 0 Å². The lowest BCUT2D eigenvalue weighted by Gasteiger charge is -2.12. The number of benzene rings is 3. The highest BCUT2D eigenvalue weighted by Crippen LogP contribution is 2.25. The van der Waals surface area contributed by atoms with Gasteiger partial charge in [-0.25, -0.2) is 15.0 Å². The summed E-state index contributed by atoms with van der Waals surface area (Å²) in [7, 11) is 0. The lowest BCUT2D eigenvalue weighted by Crippen LogP contribution is -2.15. The number of fused-ring (bicyclic) bond motifs is 2. The third kappa shape index (κ3) is 3.39. The Balaban J connectivity index is 1.51. The van der Waals surface area contributed by atoms with Crippen LogP contribution in [0.4, 0.5) is 0 Å². The minimum Gasteiger partial charge on any atom is -0.342 e. The molecule has 0 spiro atoms. The Bertz CT molecular complexity index is 1170. The van der Waals surface area contributed by atoms with E-state index in [4.69, 9.17) is 16.6 Å². The number of halogens is 1. The maximum atomic E-state index is 6.07. The SMILES string of the molecule is Clc1ccc(CC(Cc2[nH]c3ccccc3[nH+]2)c2nc3ccccc3[nH]2)cc1. The summed E-state index contributed by atoms with van der Waals surface area (Å²) < 4.78 is 0. The Hall–Kier alpha value is -3.11. The molecule has 0 amide bonds. The minimum absolute atomic E-state index is 0.206. The lowest BCUT2D eigenvalue weighted by molar-refractivity contribution is -0.358. The summed E-state index contributed by atoms with van der Waals surface area (Å²) in [4.78, 5) is 15.4. The third-order valence-corrected chi connectivity index (χ3v) is 5.39. The molecule has 2 aromatic heterocycles. The number of H-pyrrole nitrogens is 3. The van der Waals surface area contributed by atoms with Crippen LogP contribution in [0.25, 0.3) is 22.1 Å². The first kappa shape index (κ1) is 17.0. The van der Waals surface area contributed by atoms with Gasteiger partial charge in [0.25, 0.3) is 5.82 Å². The second kappa shape index (κ2) is 7.13. The van der Waals surface area contributed by atoms with Crippen LogP contribution in [0.3, 0.4) is 0 Å². The van der Waals surface area contributed by atoms with Crippen LogP contribution in [-0.2, 0) is 12.8 Å². The molecule has 4 nitrogen and oxygen atoms in total. The summed E-state index contributed by atoms with van der Waals surface area (Å²) in [6, 6.07) is 24.5. The third-order valence-electron chi connectivity index (χ3n) is 5.14. The molecule has 0 aliphatic heterocycles. The average molecular weight is 388 g/mol. The Morgan fingerprint density at radius 2 is 1.57 bits per heavy atom. The molecule has 5 rings (SSSR count). The van der Waals surface area contributed by atoms with Crippen LogP contribution in [0.1, 0.15) is 23.1 Å². The molecule has 2 heterocycles. The molecule has 0 saturated heterocycles. The van der Waals surface area contributed by atoms with Gasteiger partial charge in [-0.3, -0.25) is 0 Å². The van der Waals surface area contributed by atoms with Crippen LogP contribution in [0.5, 0.6) is 0 Å². The molecule has 5 aromatic rings. The van der Waals surface area contributed by atoms with Crippen LogP contribution in [0.15, 0.2) is 72.8 Å². The van der Waals surface area contributed by atoms with Crippen LogP contribution in [-0.4, -0.2) is 15.0 Å². The molecule has 0 aliphatic rings. The molecule has 0 bridgehead atoms. The zero-order valence-electron chi connectivity index (χ0n) is 15.2. The van der Waals surface area contributed by atoms with E-state index in [1.54, 1.807) is 0 Å². The van der Waals surface area contributed by atoms with E-state index in [2.05, 4.69) is 45.3 Å². The number of imidazole rings is 2. The Kier molecular flexibility index (Phi) is 4.34. The van der Waals surface area contributed by atoms with Crippen molar-refractivity contribution in [3.8, 4) is 0 Å². The zero-order chi connectivity index (χ0) is 18.9. The maximum Gasteiger partial charge on any atom is 0.253 e. The number of nitrogens with one attached hydrogen (secondary N) is 3. The molecule has 1 unspecified atom stereocenters. The van der Waals surface area contributed by atoms with Crippen LogP contribution < -0.4 is 4.98 Å². The van der Waals surface area contributed by atoms with Gasteiger partial charge in [0.05, 0.1) is 17.5 Å². The summed E-state index contributed by atoms with van der Waals surface area (Å²) in [6.45, 7) is 0. The number of hydrogen-bond acceptors (Lipinski definition) is 1. The first-order valence-electron chi connectivity index (χ1n) is 9.42. The van der Waals surface area contributed by atoms with E-state index in [1.165, 1.54) is 5.56 Å². The fourth-order valence-corrected chi connectivity index (χ4v) is 3.87. The van der Waals surface area contributed by atoms with Gasteiger partial charge in [0.1, 0.15) is 5.82 Å². The van der Waals surface area contributed by atoms with E-state index in [0.717, 1.165) is 51.6 Å². The predicted molar refractivity (Wildman–Crippen MR) is 113 cm³/mol. The second-order valence-electron chi connectivity index (χ2n) is 7.14. The number of aromatic nitrogens is 4. The van der Waals surface area contributed by atoms with Crippen molar-refractivity contribution in [1.29, 1.82) is 0 Å². The summed E-state index contributed by atoms with van der Waals surface area (Å²) in [5.41, 5.74) is 5.55. The van der Waals surface area contributed by atoms with Gasteiger partial charge in [-0.2, -0.15) is 0 Å². The lowest BCUT2D eigenvalue weighted by atomic mass is 9.95. The average Bonchev–Trinajstić information content (AvgIpc) is 3.32. The normalized spacial score (nSPS) is 12.6. The van der Waals surface area contributed by atoms with Gasteiger partial charge in [-0.1, -0.05) is 48.0 Å². The monoisotopic (exact) mass is 387 g/mol. The van der Waals surface area contributed by atoms with Crippen molar-refractivity contribution in [3.05, 3.63) is 95.0 Å². The Morgan fingerprint density at radius 1 is 0.821 bits per heavy atom. The van der Waals surface area contributed by atoms with E-state index in [1.807, 2.05) is 42.5 Å². The Labute approximate surface area is 167 Å². The van der Waals surface area contributed by atoms with E-state index in [0.29, 0.717) is 0 Å². The number of nitrogens with zero attached hydrogens (tertiary/aromatic N) is 1. The van der Waals surface area contributed by atoms with Crippen molar-refractivity contribution >= 4 is 33.7 Å². The highest BCUT2D eigenvalue weighted by molar-refractivity contribution is 6.30. The molecular formula is C23H20ClN4+. The van der Waals surface area contributed by atoms with Crippen molar-refractivity contribution in [2.24, 2.45) is 0 Å². The molecule has 0 saturated carbocycles. The second-order valence-corrected chi connectivity index (χ2v) is 7.58. The van der Waals surface area contributed by atoms with Gasteiger partial charge in [0, 0.05) is 10.9 Å². The van der Waals surface area contributed by atoms with Crippen LogP contribution >= 0.6 is 11.6 Å².